The van der Waals surface area contributed by atoms with Crippen LogP contribution < -0.4 is 0 Å². The van der Waals surface area contributed by atoms with E-state index in [0.29, 0.717) is 38.2 Å². The third kappa shape index (κ3) is 2.45. The fourth-order valence-electron chi connectivity index (χ4n) is 3.63. The Morgan fingerprint density at radius 3 is 2.68 bits per heavy atom. The van der Waals surface area contributed by atoms with Gasteiger partial charge in [-0.05, 0) is 24.1 Å². The van der Waals surface area contributed by atoms with E-state index in [1.54, 1.807) is 7.11 Å². The second-order valence-corrected chi connectivity index (χ2v) is 8.67. The summed E-state index contributed by atoms with van der Waals surface area (Å²) < 4.78 is 55.3. The molecule has 1 spiro atoms. The predicted octanol–water partition coefficient (Wildman–Crippen LogP) is 1.60. The minimum Gasteiger partial charge on any atom is -0.384 e. The smallest absolute Gasteiger partial charge is 0.159 e. The Balaban J connectivity index is 1.70. The number of likely N-dealkylation sites (tertiary alicyclic amines) is 1. The zero-order valence-corrected chi connectivity index (χ0v) is 13.2. The molecule has 0 aliphatic carbocycles. The molecule has 0 unspecified atom stereocenters. The molecule has 1 aromatic carbocycles. The van der Waals surface area contributed by atoms with Crippen molar-refractivity contribution in [1.29, 1.82) is 0 Å². The van der Waals surface area contributed by atoms with Gasteiger partial charge in [-0.1, -0.05) is 6.07 Å². The molecule has 4 nitrogen and oxygen atoms in total. The van der Waals surface area contributed by atoms with E-state index < -0.39 is 26.2 Å². The average Bonchev–Trinajstić information content (AvgIpc) is 2.67. The fraction of sp³-hybridized carbons (Fsp3) is 0.600. The SMILES string of the molecule is COC[C@H]1CCS(=O)(=O)C12CN(Cc1ccc(F)c(F)c1)C2. The Labute approximate surface area is 129 Å². The predicted molar refractivity (Wildman–Crippen MR) is 78.1 cm³/mol. The van der Waals surface area contributed by atoms with Gasteiger partial charge in [0.1, 0.15) is 4.75 Å². The summed E-state index contributed by atoms with van der Waals surface area (Å²) in [5.41, 5.74) is 0.646. The molecule has 2 heterocycles. The Kier molecular flexibility index (Phi) is 3.99. The summed E-state index contributed by atoms with van der Waals surface area (Å²) in [6.45, 7) is 1.73. The van der Waals surface area contributed by atoms with Crippen molar-refractivity contribution < 1.29 is 21.9 Å². The van der Waals surface area contributed by atoms with Crippen LogP contribution in [0.15, 0.2) is 18.2 Å². The van der Waals surface area contributed by atoms with Gasteiger partial charge in [0.2, 0.25) is 0 Å². The normalized spacial score (nSPS) is 26.2. The monoisotopic (exact) mass is 331 g/mol. The van der Waals surface area contributed by atoms with Gasteiger partial charge in [-0.25, -0.2) is 17.2 Å². The number of sulfone groups is 1. The molecule has 0 radical (unpaired) electrons. The molecule has 0 saturated carbocycles. The molecule has 122 valence electrons. The van der Waals surface area contributed by atoms with Gasteiger partial charge >= 0.3 is 0 Å². The maximum atomic E-state index is 13.2. The van der Waals surface area contributed by atoms with Crippen molar-refractivity contribution in [2.75, 3.05) is 32.6 Å². The van der Waals surface area contributed by atoms with E-state index >= 15 is 0 Å². The number of hydrogen-bond donors (Lipinski definition) is 0. The highest BCUT2D eigenvalue weighted by Crippen LogP contribution is 2.45. The lowest BCUT2D eigenvalue weighted by atomic mass is 9.83. The van der Waals surface area contributed by atoms with Crippen molar-refractivity contribution in [3.8, 4) is 0 Å². The summed E-state index contributed by atoms with van der Waals surface area (Å²) in [5.74, 6) is -1.52. The Hall–Kier alpha value is -1.05. The molecule has 0 amide bonds. The van der Waals surface area contributed by atoms with Crippen molar-refractivity contribution >= 4 is 9.84 Å². The Morgan fingerprint density at radius 1 is 1.32 bits per heavy atom. The van der Waals surface area contributed by atoms with E-state index in [0.717, 1.165) is 12.1 Å². The van der Waals surface area contributed by atoms with Gasteiger partial charge in [-0.2, -0.15) is 0 Å². The summed E-state index contributed by atoms with van der Waals surface area (Å²) in [5, 5.41) is 0. The van der Waals surface area contributed by atoms with Crippen molar-refractivity contribution in [3.05, 3.63) is 35.4 Å². The minimum atomic E-state index is -3.12. The Bertz CT molecular complexity index is 671. The number of halogens is 2. The zero-order valence-electron chi connectivity index (χ0n) is 12.4. The zero-order chi connectivity index (χ0) is 16.0. The van der Waals surface area contributed by atoms with Crippen LogP contribution in [0.5, 0.6) is 0 Å². The van der Waals surface area contributed by atoms with Crippen LogP contribution in [0.2, 0.25) is 0 Å². The summed E-state index contributed by atoms with van der Waals surface area (Å²) in [6, 6.07) is 3.79. The largest absolute Gasteiger partial charge is 0.384 e. The first-order chi connectivity index (χ1) is 10.4. The molecule has 2 aliphatic heterocycles. The molecule has 22 heavy (non-hydrogen) atoms. The van der Waals surface area contributed by atoms with Crippen LogP contribution >= 0.6 is 0 Å². The van der Waals surface area contributed by atoms with E-state index in [2.05, 4.69) is 0 Å². The standard InChI is InChI=1S/C15H19F2NO3S/c1-21-8-12-4-5-22(19,20)15(12)9-18(10-15)7-11-2-3-13(16)14(17)6-11/h2-3,6,12H,4-5,7-10H2,1H3/t12-/m1/s1. The van der Waals surface area contributed by atoms with Crippen LogP contribution in [0.25, 0.3) is 0 Å². The summed E-state index contributed by atoms with van der Waals surface area (Å²) in [4.78, 5) is 1.96. The van der Waals surface area contributed by atoms with Crippen LogP contribution in [0, 0.1) is 17.6 Å². The van der Waals surface area contributed by atoms with Crippen molar-refractivity contribution in [2.45, 2.75) is 17.7 Å². The minimum absolute atomic E-state index is 0.0173. The first-order valence-electron chi connectivity index (χ1n) is 7.25. The van der Waals surface area contributed by atoms with Gasteiger partial charge in [0.05, 0.1) is 12.4 Å². The molecule has 0 bridgehead atoms. The van der Waals surface area contributed by atoms with Crippen LogP contribution in [0.1, 0.15) is 12.0 Å². The van der Waals surface area contributed by atoms with E-state index in [1.807, 2.05) is 4.90 Å². The maximum Gasteiger partial charge on any atom is 0.159 e. The van der Waals surface area contributed by atoms with Gasteiger partial charge in [-0.3, -0.25) is 4.90 Å². The van der Waals surface area contributed by atoms with E-state index in [4.69, 9.17) is 4.74 Å². The molecule has 2 saturated heterocycles. The molecule has 7 heteroatoms. The van der Waals surface area contributed by atoms with Crippen LogP contribution in [0.4, 0.5) is 8.78 Å². The highest BCUT2D eigenvalue weighted by Gasteiger charge is 2.61. The second-order valence-electron chi connectivity index (χ2n) is 6.22. The van der Waals surface area contributed by atoms with Crippen molar-refractivity contribution in [2.24, 2.45) is 5.92 Å². The molecule has 1 aromatic rings. The summed E-state index contributed by atoms with van der Waals surface area (Å²) in [6.07, 6.45) is 0.634. The summed E-state index contributed by atoms with van der Waals surface area (Å²) >= 11 is 0. The van der Waals surface area contributed by atoms with E-state index in [-0.39, 0.29) is 11.7 Å². The molecule has 3 rings (SSSR count). The molecule has 2 aliphatic rings. The van der Waals surface area contributed by atoms with E-state index in [1.165, 1.54) is 6.07 Å². The Morgan fingerprint density at radius 2 is 2.05 bits per heavy atom. The van der Waals surface area contributed by atoms with Gasteiger partial charge in [-0.15, -0.1) is 0 Å². The lowest BCUT2D eigenvalue weighted by Crippen LogP contribution is -2.67. The van der Waals surface area contributed by atoms with Crippen molar-refractivity contribution in [3.63, 3.8) is 0 Å². The van der Waals surface area contributed by atoms with Gasteiger partial charge in [0.15, 0.2) is 21.5 Å². The first-order valence-corrected chi connectivity index (χ1v) is 8.91. The lowest BCUT2D eigenvalue weighted by Gasteiger charge is -2.50. The quantitative estimate of drug-likeness (QED) is 0.841. The number of methoxy groups -OCH3 is 1. The molecule has 0 N–H and O–H groups in total. The van der Waals surface area contributed by atoms with Crippen molar-refractivity contribution in [1.82, 2.24) is 4.90 Å². The molecule has 2 fully saturated rings. The summed E-state index contributed by atoms with van der Waals surface area (Å²) in [7, 11) is -1.54. The highest BCUT2D eigenvalue weighted by molar-refractivity contribution is 7.93. The molecule has 0 aromatic heterocycles. The number of nitrogens with zero attached hydrogens (tertiary/aromatic N) is 1. The molecule has 1 atom stereocenters. The number of rotatable bonds is 4. The first kappa shape index (κ1) is 15.8. The van der Waals surface area contributed by atoms with Crippen LogP contribution in [-0.4, -0.2) is 50.6 Å². The fourth-order valence-corrected chi connectivity index (χ4v) is 6.08. The second kappa shape index (κ2) is 5.54. The highest BCUT2D eigenvalue weighted by atomic mass is 32.2. The number of benzene rings is 1. The molecular weight excluding hydrogens is 312 g/mol. The van der Waals surface area contributed by atoms with Gasteiger partial charge in [0, 0.05) is 32.7 Å². The van der Waals surface area contributed by atoms with Crippen LogP contribution in [-0.2, 0) is 21.1 Å². The van der Waals surface area contributed by atoms with Crippen LogP contribution in [0.3, 0.4) is 0 Å². The van der Waals surface area contributed by atoms with Gasteiger partial charge in [0.25, 0.3) is 0 Å². The van der Waals surface area contributed by atoms with E-state index in [9.17, 15) is 17.2 Å². The number of hydrogen-bond acceptors (Lipinski definition) is 4. The average molecular weight is 331 g/mol. The topological polar surface area (TPSA) is 46.6 Å². The molecular formula is C15H19F2NO3S. The number of ether oxygens (including phenoxy) is 1. The van der Waals surface area contributed by atoms with Gasteiger partial charge < -0.3 is 4.74 Å². The third-order valence-corrected chi connectivity index (χ3v) is 7.44. The lowest BCUT2D eigenvalue weighted by molar-refractivity contribution is 0.0411. The third-order valence-electron chi connectivity index (χ3n) is 4.84. The maximum absolute atomic E-state index is 13.2.